The molecule has 0 aliphatic heterocycles. The zero-order valence-corrected chi connectivity index (χ0v) is 21.1. The smallest absolute Gasteiger partial charge is 0.227 e. The molecule has 3 nitrogen and oxygen atoms in total. The Morgan fingerprint density at radius 2 is 1.25 bits per heavy atom. The Labute approximate surface area is 203 Å². The summed E-state index contributed by atoms with van der Waals surface area (Å²) in [5, 5.41) is 10.6. The largest absolute Gasteiger partial charge is 1.00 e. The normalized spacial score (nSPS) is 14.3. The molecule has 0 unspecified atom stereocenters. The molecule has 0 radical (unpaired) electrons. The maximum Gasteiger partial charge on any atom is 0.227 e. The second kappa shape index (κ2) is 11.2. The minimum atomic E-state index is -1.81. The quantitative estimate of drug-likeness (QED) is 0.308. The van der Waals surface area contributed by atoms with Crippen LogP contribution in [-0.4, -0.2) is 32.2 Å². The molecular formula is C27H32BrN2OP. The van der Waals surface area contributed by atoms with Crippen molar-refractivity contribution in [3.63, 3.8) is 0 Å². The lowest BCUT2D eigenvalue weighted by molar-refractivity contribution is -0.126. The predicted octanol–water partition coefficient (Wildman–Crippen LogP) is 0.490. The SMILES string of the molecule is CNCC1(C(=O)NCCC[P+](c2ccccc2)(c2ccccc2)c2ccccc2)CC1.[Br-]. The molecule has 1 fully saturated rings. The first kappa shape index (κ1) is 24.6. The fraction of sp³-hybridized carbons (Fsp3) is 0.296. The van der Waals surface area contributed by atoms with Crippen LogP contribution in [0.25, 0.3) is 0 Å². The third-order valence-corrected chi connectivity index (χ3v) is 10.9. The van der Waals surface area contributed by atoms with Crippen LogP contribution < -0.4 is 43.5 Å². The predicted molar refractivity (Wildman–Crippen MR) is 133 cm³/mol. The van der Waals surface area contributed by atoms with Gasteiger partial charge in [-0.15, -0.1) is 0 Å². The molecule has 1 saturated carbocycles. The summed E-state index contributed by atoms with van der Waals surface area (Å²) in [6.45, 7) is 1.49. The lowest BCUT2D eigenvalue weighted by Gasteiger charge is -2.28. The fourth-order valence-electron chi connectivity index (χ4n) is 4.56. The third-order valence-electron chi connectivity index (χ3n) is 6.40. The molecule has 0 aromatic heterocycles. The van der Waals surface area contributed by atoms with Crippen LogP contribution in [0.1, 0.15) is 19.3 Å². The zero-order valence-electron chi connectivity index (χ0n) is 18.6. The van der Waals surface area contributed by atoms with E-state index >= 15 is 0 Å². The molecule has 1 aliphatic carbocycles. The molecule has 32 heavy (non-hydrogen) atoms. The van der Waals surface area contributed by atoms with Gasteiger partial charge in [-0.05, 0) is 62.7 Å². The highest BCUT2D eigenvalue weighted by Gasteiger charge is 2.49. The Morgan fingerprint density at radius 3 is 1.62 bits per heavy atom. The minimum absolute atomic E-state index is 0. The Kier molecular flexibility index (Phi) is 8.64. The van der Waals surface area contributed by atoms with Crippen molar-refractivity contribution in [3.8, 4) is 0 Å². The molecule has 168 valence electrons. The summed E-state index contributed by atoms with van der Waals surface area (Å²) in [7, 11) is 0.108. The number of carbonyl (C=O) groups is 1. The van der Waals surface area contributed by atoms with Gasteiger partial charge in [0.2, 0.25) is 5.91 Å². The monoisotopic (exact) mass is 510 g/mol. The Morgan fingerprint density at radius 1 is 0.812 bits per heavy atom. The average molecular weight is 511 g/mol. The van der Waals surface area contributed by atoms with Gasteiger partial charge in [0.25, 0.3) is 0 Å². The first-order chi connectivity index (χ1) is 15.2. The van der Waals surface area contributed by atoms with Crippen LogP contribution >= 0.6 is 7.26 Å². The molecule has 0 atom stereocenters. The molecule has 0 heterocycles. The molecule has 0 spiro atoms. The first-order valence-electron chi connectivity index (χ1n) is 11.2. The fourth-order valence-corrected chi connectivity index (χ4v) is 8.91. The van der Waals surface area contributed by atoms with E-state index in [0.29, 0.717) is 0 Å². The van der Waals surface area contributed by atoms with Gasteiger partial charge in [0.15, 0.2) is 0 Å². The van der Waals surface area contributed by atoms with Crippen molar-refractivity contribution in [2.24, 2.45) is 5.41 Å². The van der Waals surface area contributed by atoms with Crippen LogP contribution in [0.5, 0.6) is 0 Å². The summed E-state index contributed by atoms with van der Waals surface area (Å²) >= 11 is 0. The van der Waals surface area contributed by atoms with E-state index in [0.717, 1.165) is 38.5 Å². The third kappa shape index (κ3) is 5.14. The highest BCUT2D eigenvalue weighted by Crippen LogP contribution is 2.55. The van der Waals surface area contributed by atoms with Crippen LogP contribution in [0.4, 0.5) is 0 Å². The molecule has 5 heteroatoms. The van der Waals surface area contributed by atoms with Gasteiger partial charge < -0.3 is 27.6 Å². The van der Waals surface area contributed by atoms with E-state index in [1.807, 2.05) is 7.05 Å². The van der Waals surface area contributed by atoms with Crippen LogP contribution in [0.2, 0.25) is 0 Å². The number of hydrogen-bond donors (Lipinski definition) is 2. The van der Waals surface area contributed by atoms with Gasteiger partial charge in [-0.2, -0.15) is 0 Å². The summed E-state index contributed by atoms with van der Waals surface area (Å²) in [6.07, 6.45) is 3.97. The number of halogens is 1. The van der Waals surface area contributed by atoms with Crippen LogP contribution in [0.3, 0.4) is 0 Å². The van der Waals surface area contributed by atoms with Crippen molar-refractivity contribution >= 4 is 29.1 Å². The van der Waals surface area contributed by atoms with Gasteiger partial charge in [-0.3, -0.25) is 4.79 Å². The van der Waals surface area contributed by atoms with Gasteiger partial charge in [0.1, 0.15) is 23.2 Å². The van der Waals surface area contributed by atoms with E-state index in [1.165, 1.54) is 15.9 Å². The molecule has 4 rings (SSSR count). The van der Waals surface area contributed by atoms with Crippen molar-refractivity contribution in [3.05, 3.63) is 91.0 Å². The Balaban J connectivity index is 0.00000289. The van der Waals surface area contributed by atoms with Crippen molar-refractivity contribution in [2.45, 2.75) is 19.3 Å². The molecule has 0 bridgehead atoms. The van der Waals surface area contributed by atoms with Crippen molar-refractivity contribution in [1.82, 2.24) is 10.6 Å². The number of nitrogens with one attached hydrogen (secondary N) is 2. The number of hydrogen-bond acceptors (Lipinski definition) is 2. The van der Waals surface area contributed by atoms with Gasteiger partial charge in [-0.25, -0.2) is 0 Å². The van der Waals surface area contributed by atoms with Gasteiger partial charge >= 0.3 is 0 Å². The summed E-state index contributed by atoms with van der Waals surface area (Å²) < 4.78 is 0. The lowest BCUT2D eigenvalue weighted by Crippen LogP contribution is -3.00. The summed E-state index contributed by atoms with van der Waals surface area (Å²) in [4.78, 5) is 12.7. The molecule has 1 aliphatic rings. The van der Waals surface area contributed by atoms with Crippen molar-refractivity contribution < 1.29 is 21.8 Å². The van der Waals surface area contributed by atoms with Crippen molar-refractivity contribution in [1.29, 1.82) is 0 Å². The summed E-state index contributed by atoms with van der Waals surface area (Å²) in [6, 6.07) is 32.8. The summed E-state index contributed by atoms with van der Waals surface area (Å²) in [5.41, 5.74) is -0.167. The summed E-state index contributed by atoms with van der Waals surface area (Å²) in [5.74, 6) is 0.213. The van der Waals surface area contributed by atoms with Crippen molar-refractivity contribution in [2.75, 3.05) is 26.3 Å². The Bertz CT molecular complexity index is 882. The zero-order chi connectivity index (χ0) is 21.6. The van der Waals surface area contributed by atoms with Crippen LogP contribution in [0, 0.1) is 5.41 Å². The van der Waals surface area contributed by atoms with E-state index in [4.69, 9.17) is 0 Å². The van der Waals surface area contributed by atoms with Gasteiger partial charge in [0, 0.05) is 13.1 Å². The number of rotatable bonds is 10. The second-order valence-corrected chi connectivity index (χ2v) is 12.1. The van der Waals surface area contributed by atoms with E-state index in [1.54, 1.807) is 0 Å². The maximum absolute atomic E-state index is 12.7. The lowest BCUT2D eigenvalue weighted by atomic mass is 10.1. The second-order valence-electron chi connectivity index (χ2n) is 8.46. The molecular weight excluding hydrogens is 479 g/mol. The highest BCUT2D eigenvalue weighted by atomic mass is 79.9. The molecule has 0 saturated heterocycles. The minimum Gasteiger partial charge on any atom is -1.00 e. The van der Waals surface area contributed by atoms with E-state index in [2.05, 4.69) is 102 Å². The molecule has 2 N–H and O–H groups in total. The molecule has 3 aromatic rings. The maximum atomic E-state index is 12.7. The number of benzene rings is 3. The number of carbonyl (C=O) groups excluding carboxylic acids is 1. The topological polar surface area (TPSA) is 41.1 Å². The average Bonchev–Trinajstić information content (AvgIpc) is 3.62. The van der Waals surface area contributed by atoms with Gasteiger partial charge in [-0.1, -0.05) is 54.6 Å². The van der Waals surface area contributed by atoms with Crippen LogP contribution in [-0.2, 0) is 4.79 Å². The van der Waals surface area contributed by atoms with E-state index in [-0.39, 0.29) is 28.3 Å². The van der Waals surface area contributed by atoms with Gasteiger partial charge in [0.05, 0.1) is 11.6 Å². The molecule has 3 aromatic carbocycles. The Hall–Kier alpha value is -2.00. The standard InChI is InChI=1S/C27H31N2OP.BrH/c1-28-22-27(18-19-27)26(30)29-20-11-21-31(23-12-5-2-6-13-23,24-14-7-3-8-15-24)25-16-9-4-10-17-25;/h2-10,12-17,28H,11,18-22H2,1H3;1H. The molecule has 1 amide bonds. The van der Waals surface area contributed by atoms with E-state index < -0.39 is 7.26 Å². The number of amides is 1. The van der Waals surface area contributed by atoms with Crippen LogP contribution in [0.15, 0.2) is 91.0 Å². The highest BCUT2D eigenvalue weighted by molar-refractivity contribution is 7.95. The first-order valence-corrected chi connectivity index (χ1v) is 13.2. The van der Waals surface area contributed by atoms with E-state index in [9.17, 15) is 4.79 Å².